The summed E-state index contributed by atoms with van der Waals surface area (Å²) in [4.78, 5) is 0. The Balaban J connectivity index is 6.34. The highest BCUT2D eigenvalue weighted by Gasteiger charge is 2.51. The number of rotatable bonds is 11. The lowest BCUT2D eigenvalue weighted by atomic mass is 10.3. The van der Waals surface area contributed by atoms with Gasteiger partial charge in [0.1, 0.15) is 0 Å². The quantitative estimate of drug-likeness (QED) is 0.192. The number of hydrogen-bond acceptors (Lipinski definition) is 2. The van der Waals surface area contributed by atoms with E-state index in [1.165, 1.54) is 0 Å². The molecule has 0 rings (SSSR count). The van der Waals surface area contributed by atoms with Crippen molar-refractivity contribution >= 4 is 16.6 Å². The highest BCUT2D eigenvalue weighted by atomic mass is 28.4. The van der Waals surface area contributed by atoms with E-state index in [9.17, 15) is 0 Å². The summed E-state index contributed by atoms with van der Waals surface area (Å²) in [6.07, 6.45) is 2.05. The molecule has 0 aromatic carbocycles. The van der Waals surface area contributed by atoms with Gasteiger partial charge in [0.2, 0.25) is 0 Å². The van der Waals surface area contributed by atoms with Crippen LogP contribution < -0.4 is 0 Å². The third kappa shape index (κ3) is 5.75. The van der Waals surface area contributed by atoms with Crippen molar-refractivity contribution in [3.63, 3.8) is 0 Å². The van der Waals surface area contributed by atoms with Crippen molar-refractivity contribution in [3.8, 4) is 0 Å². The van der Waals surface area contributed by atoms with E-state index in [1.807, 2.05) is 13.0 Å². The molecule has 0 saturated carbocycles. The van der Waals surface area contributed by atoms with Crippen LogP contribution in [0.1, 0.15) is 90.0 Å². The predicted octanol–water partition coefficient (Wildman–Crippen LogP) is 8.79. The maximum atomic E-state index is 6.99. The standard InChI is InChI=1S/C23H48O2Si2/c1-16(2)15-23(24-26(17(3)4,18(5)6)19(7)8)25-27(20(9)10,21(11)12)22(13)14/h15,17-22H,1H2,2-14H3. The van der Waals surface area contributed by atoms with Crippen LogP contribution >= 0.6 is 0 Å². The molecule has 0 amide bonds. The average molecular weight is 413 g/mol. The first-order chi connectivity index (χ1) is 12.2. The van der Waals surface area contributed by atoms with Crippen LogP contribution in [0.2, 0.25) is 33.2 Å². The van der Waals surface area contributed by atoms with Crippen molar-refractivity contribution < 1.29 is 8.85 Å². The molecule has 160 valence electrons. The minimum Gasteiger partial charge on any atom is -0.519 e. The lowest BCUT2D eigenvalue weighted by Crippen LogP contribution is -2.51. The summed E-state index contributed by atoms with van der Waals surface area (Å²) >= 11 is 0. The molecule has 0 spiro atoms. The van der Waals surface area contributed by atoms with Gasteiger partial charge in [-0.3, -0.25) is 0 Å². The topological polar surface area (TPSA) is 18.5 Å². The van der Waals surface area contributed by atoms with Crippen LogP contribution in [0.15, 0.2) is 24.2 Å². The summed E-state index contributed by atoms with van der Waals surface area (Å²) in [5.74, 6) is 0.744. The predicted molar refractivity (Wildman–Crippen MR) is 127 cm³/mol. The van der Waals surface area contributed by atoms with Crippen LogP contribution in [0.5, 0.6) is 0 Å². The third-order valence-electron chi connectivity index (χ3n) is 6.33. The molecule has 0 aliphatic rings. The van der Waals surface area contributed by atoms with E-state index in [0.29, 0.717) is 33.2 Å². The second-order valence-electron chi connectivity index (χ2n) is 10.1. The minimum atomic E-state index is -2.07. The van der Waals surface area contributed by atoms with Crippen LogP contribution in [0.3, 0.4) is 0 Å². The van der Waals surface area contributed by atoms with Gasteiger partial charge in [0.15, 0.2) is 0 Å². The van der Waals surface area contributed by atoms with E-state index in [-0.39, 0.29) is 0 Å². The van der Waals surface area contributed by atoms with E-state index in [1.54, 1.807) is 0 Å². The van der Waals surface area contributed by atoms with Gasteiger partial charge in [-0.05, 0) is 40.2 Å². The first kappa shape index (κ1) is 26.5. The molecule has 27 heavy (non-hydrogen) atoms. The largest absolute Gasteiger partial charge is 0.519 e. The molecule has 0 fully saturated rings. The Bertz CT molecular complexity index is 423. The summed E-state index contributed by atoms with van der Waals surface area (Å²) in [5, 5.41) is 0. The van der Waals surface area contributed by atoms with Gasteiger partial charge in [-0.15, -0.1) is 0 Å². The van der Waals surface area contributed by atoms with Gasteiger partial charge in [-0.2, -0.15) is 0 Å². The van der Waals surface area contributed by atoms with Crippen LogP contribution in [0, 0.1) is 0 Å². The van der Waals surface area contributed by atoms with Crippen LogP contribution in [-0.2, 0) is 8.85 Å². The molecule has 0 aromatic heterocycles. The molecule has 4 heteroatoms. The first-order valence-electron chi connectivity index (χ1n) is 10.9. The van der Waals surface area contributed by atoms with Gasteiger partial charge in [-0.25, -0.2) is 0 Å². The normalized spacial score (nSPS) is 13.3. The first-order valence-corrected chi connectivity index (χ1v) is 15.2. The Morgan fingerprint density at radius 3 is 0.963 bits per heavy atom. The van der Waals surface area contributed by atoms with Crippen molar-refractivity contribution in [2.45, 2.75) is 123 Å². The van der Waals surface area contributed by atoms with Gasteiger partial charge in [0.05, 0.1) is 0 Å². The Morgan fingerprint density at radius 2 is 0.815 bits per heavy atom. The Labute approximate surface area is 173 Å². The van der Waals surface area contributed by atoms with Crippen LogP contribution in [0.4, 0.5) is 0 Å². The molecule has 0 N–H and O–H groups in total. The maximum absolute atomic E-state index is 6.99. The van der Waals surface area contributed by atoms with E-state index < -0.39 is 16.6 Å². The second-order valence-corrected chi connectivity index (χ2v) is 20.9. The maximum Gasteiger partial charge on any atom is 0.262 e. The van der Waals surface area contributed by atoms with Crippen LogP contribution in [-0.4, -0.2) is 16.6 Å². The van der Waals surface area contributed by atoms with E-state index in [2.05, 4.69) is 89.7 Å². The summed E-state index contributed by atoms with van der Waals surface area (Å²) in [5.41, 5.74) is 4.09. The summed E-state index contributed by atoms with van der Waals surface area (Å²) < 4.78 is 14.0. The van der Waals surface area contributed by atoms with Crippen LogP contribution in [0.25, 0.3) is 0 Å². The third-order valence-corrected chi connectivity index (χ3v) is 18.3. The number of hydrogen-bond donors (Lipinski definition) is 0. The lowest BCUT2D eigenvalue weighted by Gasteiger charge is -2.47. The Kier molecular flexibility index (Phi) is 10.2. The highest BCUT2D eigenvalue weighted by Crippen LogP contribution is 2.47. The molecule has 0 saturated heterocycles. The van der Waals surface area contributed by atoms with Gasteiger partial charge in [0, 0.05) is 6.08 Å². The van der Waals surface area contributed by atoms with Gasteiger partial charge in [-0.1, -0.05) is 95.2 Å². The zero-order valence-electron chi connectivity index (χ0n) is 20.6. The average Bonchev–Trinajstić information content (AvgIpc) is 2.46. The number of allylic oxidation sites excluding steroid dienone is 2. The fraction of sp³-hybridized carbons (Fsp3) is 0.826. The molecule has 0 aliphatic carbocycles. The SMILES string of the molecule is C=C(C)C=C(O[Si](C(C)C)(C(C)C)C(C)C)O[Si](C(C)C)(C(C)C)C(C)C. The van der Waals surface area contributed by atoms with Crippen molar-refractivity contribution in [1.29, 1.82) is 0 Å². The molecular formula is C23H48O2Si2. The molecule has 0 aromatic rings. The molecule has 0 atom stereocenters. The molecule has 0 unspecified atom stereocenters. The zero-order valence-corrected chi connectivity index (χ0v) is 22.6. The van der Waals surface area contributed by atoms with Gasteiger partial charge in [0.25, 0.3) is 22.6 Å². The molecular weight excluding hydrogens is 364 g/mol. The fourth-order valence-electron chi connectivity index (χ4n) is 5.34. The van der Waals surface area contributed by atoms with E-state index in [4.69, 9.17) is 8.85 Å². The van der Waals surface area contributed by atoms with Crippen molar-refractivity contribution in [1.82, 2.24) is 0 Å². The summed E-state index contributed by atoms with van der Waals surface area (Å²) in [7, 11) is -4.15. The van der Waals surface area contributed by atoms with E-state index >= 15 is 0 Å². The summed E-state index contributed by atoms with van der Waals surface area (Å²) in [6.45, 7) is 34.0. The monoisotopic (exact) mass is 412 g/mol. The molecule has 0 bridgehead atoms. The molecule has 0 radical (unpaired) electrons. The van der Waals surface area contributed by atoms with Gasteiger partial charge >= 0.3 is 0 Å². The highest BCUT2D eigenvalue weighted by molar-refractivity contribution is 6.79. The van der Waals surface area contributed by atoms with E-state index in [0.717, 1.165) is 11.5 Å². The Hall–Kier alpha value is -0.486. The minimum absolute atomic E-state index is 0.517. The van der Waals surface area contributed by atoms with Gasteiger partial charge < -0.3 is 8.85 Å². The molecule has 0 heterocycles. The fourth-order valence-corrected chi connectivity index (χ4v) is 15.7. The second kappa shape index (κ2) is 10.3. The Morgan fingerprint density at radius 1 is 0.593 bits per heavy atom. The molecule has 2 nitrogen and oxygen atoms in total. The van der Waals surface area contributed by atoms with Crippen molar-refractivity contribution in [2.24, 2.45) is 0 Å². The van der Waals surface area contributed by atoms with Crippen molar-refractivity contribution in [2.75, 3.05) is 0 Å². The smallest absolute Gasteiger partial charge is 0.262 e. The molecule has 0 aliphatic heterocycles. The zero-order chi connectivity index (χ0) is 21.7. The van der Waals surface area contributed by atoms with Crippen molar-refractivity contribution in [3.05, 3.63) is 24.2 Å². The summed E-state index contributed by atoms with van der Waals surface area (Å²) in [6, 6.07) is 0. The lowest BCUT2D eigenvalue weighted by molar-refractivity contribution is 0.186.